The van der Waals surface area contributed by atoms with Crippen LogP contribution in [-0.2, 0) is 16.1 Å². The smallest absolute Gasteiger partial charge is 0.350 e. The lowest BCUT2D eigenvalue weighted by Crippen LogP contribution is -2.47. The lowest BCUT2D eigenvalue weighted by Gasteiger charge is -2.29. The second kappa shape index (κ2) is 6.93. The molecule has 2 aromatic heterocycles. The third-order valence-corrected chi connectivity index (χ3v) is 3.82. The van der Waals surface area contributed by atoms with Crippen LogP contribution in [0.25, 0.3) is 5.65 Å². The molecule has 1 amide bonds. The largest absolute Gasteiger partial charge is 0.379 e. The number of rotatable bonds is 5. The Morgan fingerprint density at radius 2 is 2.17 bits per heavy atom. The summed E-state index contributed by atoms with van der Waals surface area (Å²) in [5, 5.41) is 7.07. The summed E-state index contributed by atoms with van der Waals surface area (Å²) in [6.07, 6.45) is 1.64. The van der Waals surface area contributed by atoms with Crippen molar-refractivity contribution in [3.8, 4) is 0 Å². The highest BCUT2D eigenvalue weighted by atomic mass is 16.5. The number of ether oxygens (including phenoxy) is 1. The Balaban J connectivity index is 1.57. The molecule has 3 rings (SSSR count). The zero-order valence-electron chi connectivity index (χ0n) is 13.1. The number of hydrogen-bond donors (Lipinski definition) is 1. The molecule has 0 radical (unpaired) electrons. The van der Waals surface area contributed by atoms with E-state index in [2.05, 4.69) is 15.3 Å². The second-order valence-corrected chi connectivity index (χ2v) is 5.75. The standard InChI is InChI=1S/C15H21N5O3/c1-12(10-18-6-8-23-9-7-18)16-14(21)11-20-15(22)19-5-3-2-4-13(19)17-20/h2-5,12H,6-11H2,1H3,(H,16,21)/t12-/m0/s1. The van der Waals surface area contributed by atoms with Gasteiger partial charge in [-0.2, -0.15) is 0 Å². The van der Waals surface area contributed by atoms with Crippen LogP contribution >= 0.6 is 0 Å². The predicted molar refractivity (Wildman–Crippen MR) is 84.3 cm³/mol. The third-order valence-electron chi connectivity index (χ3n) is 3.82. The fraction of sp³-hybridized carbons (Fsp3) is 0.533. The van der Waals surface area contributed by atoms with Gasteiger partial charge in [-0.25, -0.2) is 9.48 Å². The van der Waals surface area contributed by atoms with Crippen LogP contribution in [0.15, 0.2) is 29.2 Å². The SMILES string of the molecule is C[C@@H](CN1CCOCC1)NC(=O)Cn1nc2ccccn2c1=O. The molecule has 1 aliphatic rings. The monoisotopic (exact) mass is 319 g/mol. The summed E-state index contributed by atoms with van der Waals surface area (Å²) in [5.74, 6) is -0.212. The summed E-state index contributed by atoms with van der Waals surface area (Å²) >= 11 is 0. The third kappa shape index (κ3) is 3.77. The molecule has 0 spiro atoms. The highest BCUT2D eigenvalue weighted by Crippen LogP contribution is 1.99. The maximum Gasteiger partial charge on any atom is 0.350 e. The Kier molecular flexibility index (Phi) is 4.73. The quantitative estimate of drug-likeness (QED) is 0.791. The highest BCUT2D eigenvalue weighted by Gasteiger charge is 2.16. The molecule has 0 aliphatic carbocycles. The lowest BCUT2D eigenvalue weighted by atomic mass is 10.3. The van der Waals surface area contributed by atoms with Crippen LogP contribution in [0, 0.1) is 0 Å². The highest BCUT2D eigenvalue weighted by molar-refractivity contribution is 5.75. The minimum Gasteiger partial charge on any atom is -0.379 e. The Labute approximate surface area is 133 Å². The molecule has 3 heterocycles. The van der Waals surface area contributed by atoms with Crippen molar-refractivity contribution in [2.24, 2.45) is 0 Å². The summed E-state index contributed by atoms with van der Waals surface area (Å²) in [6, 6.07) is 5.30. The number of pyridine rings is 1. The van der Waals surface area contributed by atoms with E-state index in [4.69, 9.17) is 4.74 Å². The van der Waals surface area contributed by atoms with Crippen molar-refractivity contribution in [3.63, 3.8) is 0 Å². The fourth-order valence-electron chi connectivity index (χ4n) is 2.74. The van der Waals surface area contributed by atoms with E-state index in [9.17, 15) is 9.59 Å². The molecular weight excluding hydrogens is 298 g/mol. The number of aromatic nitrogens is 3. The van der Waals surface area contributed by atoms with E-state index in [1.54, 1.807) is 24.4 Å². The van der Waals surface area contributed by atoms with E-state index < -0.39 is 0 Å². The molecule has 1 aliphatic heterocycles. The van der Waals surface area contributed by atoms with Crippen molar-refractivity contribution >= 4 is 11.6 Å². The predicted octanol–water partition coefficient (Wildman–Crippen LogP) is -0.667. The van der Waals surface area contributed by atoms with Crippen LogP contribution in [0.1, 0.15) is 6.92 Å². The minimum atomic E-state index is -0.309. The van der Waals surface area contributed by atoms with Crippen LogP contribution in [0.4, 0.5) is 0 Å². The first-order valence-corrected chi connectivity index (χ1v) is 7.77. The van der Waals surface area contributed by atoms with Gasteiger partial charge in [-0.3, -0.25) is 14.1 Å². The summed E-state index contributed by atoms with van der Waals surface area (Å²) in [4.78, 5) is 26.5. The van der Waals surface area contributed by atoms with E-state index in [-0.39, 0.29) is 24.2 Å². The number of amides is 1. The van der Waals surface area contributed by atoms with E-state index >= 15 is 0 Å². The van der Waals surface area contributed by atoms with E-state index in [0.29, 0.717) is 5.65 Å². The molecule has 0 bridgehead atoms. The van der Waals surface area contributed by atoms with Crippen molar-refractivity contribution in [1.82, 2.24) is 24.4 Å². The van der Waals surface area contributed by atoms with E-state index in [0.717, 1.165) is 32.8 Å². The first kappa shape index (κ1) is 15.7. The Hall–Kier alpha value is -2.19. The average Bonchev–Trinajstić information content (AvgIpc) is 2.84. The maximum absolute atomic E-state index is 12.1. The van der Waals surface area contributed by atoms with Gasteiger partial charge in [0.1, 0.15) is 6.54 Å². The zero-order chi connectivity index (χ0) is 16.2. The summed E-state index contributed by atoms with van der Waals surface area (Å²) in [6.45, 7) is 5.88. The molecule has 2 aromatic rings. The van der Waals surface area contributed by atoms with Gasteiger partial charge in [0.15, 0.2) is 5.65 Å². The number of nitrogens with zero attached hydrogens (tertiary/aromatic N) is 4. The summed E-state index contributed by atoms with van der Waals surface area (Å²) in [5.41, 5.74) is 0.225. The Morgan fingerprint density at radius 1 is 1.39 bits per heavy atom. The molecule has 0 unspecified atom stereocenters. The van der Waals surface area contributed by atoms with Gasteiger partial charge in [-0.05, 0) is 19.1 Å². The van der Waals surface area contributed by atoms with Crippen molar-refractivity contribution < 1.29 is 9.53 Å². The molecule has 1 atom stereocenters. The first-order valence-electron chi connectivity index (χ1n) is 7.77. The molecule has 124 valence electrons. The maximum atomic E-state index is 12.1. The van der Waals surface area contributed by atoms with Gasteiger partial charge in [0.05, 0.1) is 13.2 Å². The minimum absolute atomic E-state index is 0.00772. The van der Waals surface area contributed by atoms with Crippen molar-refractivity contribution in [2.75, 3.05) is 32.8 Å². The summed E-state index contributed by atoms with van der Waals surface area (Å²) in [7, 11) is 0. The molecule has 1 saturated heterocycles. The van der Waals surface area contributed by atoms with Gasteiger partial charge >= 0.3 is 5.69 Å². The number of morpholine rings is 1. The topological polar surface area (TPSA) is 80.9 Å². The van der Waals surface area contributed by atoms with Gasteiger partial charge in [0.2, 0.25) is 5.91 Å². The normalized spacial score (nSPS) is 17.3. The van der Waals surface area contributed by atoms with Gasteiger partial charge in [-0.1, -0.05) is 6.07 Å². The number of carbonyl (C=O) groups excluding carboxylic acids is 1. The van der Waals surface area contributed by atoms with Crippen LogP contribution in [-0.4, -0.2) is 63.9 Å². The van der Waals surface area contributed by atoms with Crippen LogP contribution in [0.2, 0.25) is 0 Å². The van der Waals surface area contributed by atoms with Crippen LogP contribution in [0.3, 0.4) is 0 Å². The van der Waals surface area contributed by atoms with Crippen LogP contribution in [0.5, 0.6) is 0 Å². The fourth-order valence-corrected chi connectivity index (χ4v) is 2.74. The Bertz CT molecular complexity index is 732. The molecule has 0 aromatic carbocycles. The van der Waals surface area contributed by atoms with Gasteiger partial charge in [0, 0.05) is 31.9 Å². The summed E-state index contributed by atoms with van der Waals surface area (Å²) < 4.78 is 7.91. The van der Waals surface area contributed by atoms with Crippen molar-refractivity contribution in [2.45, 2.75) is 19.5 Å². The Morgan fingerprint density at radius 3 is 2.91 bits per heavy atom. The first-order chi connectivity index (χ1) is 11.1. The van der Waals surface area contributed by atoms with Crippen LogP contribution < -0.4 is 11.0 Å². The van der Waals surface area contributed by atoms with Gasteiger partial charge < -0.3 is 10.1 Å². The zero-order valence-corrected chi connectivity index (χ0v) is 13.1. The molecule has 23 heavy (non-hydrogen) atoms. The van der Waals surface area contributed by atoms with E-state index in [1.165, 1.54) is 9.08 Å². The van der Waals surface area contributed by atoms with Crippen molar-refractivity contribution in [1.29, 1.82) is 0 Å². The second-order valence-electron chi connectivity index (χ2n) is 5.75. The van der Waals surface area contributed by atoms with Crippen molar-refractivity contribution in [3.05, 3.63) is 34.9 Å². The lowest BCUT2D eigenvalue weighted by molar-refractivity contribution is -0.122. The molecule has 8 nitrogen and oxygen atoms in total. The molecule has 1 N–H and O–H groups in total. The van der Waals surface area contributed by atoms with E-state index in [1.807, 2.05) is 6.92 Å². The molecule has 8 heteroatoms. The van der Waals surface area contributed by atoms with Gasteiger partial charge in [0.25, 0.3) is 0 Å². The number of fused-ring (bicyclic) bond motifs is 1. The molecule has 1 fully saturated rings. The molecular formula is C15H21N5O3. The number of nitrogens with one attached hydrogen (secondary N) is 1. The molecule has 0 saturated carbocycles. The number of hydrogen-bond acceptors (Lipinski definition) is 5. The van der Waals surface area contributed by atoms with Gasteiger partial charge in [-0.15, -0.1) is 5.10 Å². The number of carbonyl (C=O) groups is 1. The average molecular weight is 319 g/mol.